The van der Waals surface area contributed by atoms with Gasteiger partial charge >= 0.3 is 0 Å². The van der Waals surface area contributed by atoms with Crippen molar-refractivity contribution in [2.24, 2.45) is 0 Å². The van der Waals surface area contributed by atoms with Crippen LogP contribution in [-0.2, 0) is 0 Å². The lowest BCUT2D eigenvalue weighted by Gasteiger charge is -2.40. The summed E-state index contributed by atoms with van der Waals surface area (Å²) >= 11 is 1.84. The molecule has 1 amide bonds. The van der Waals surface area contributed by atoms with E-state index in [0.29, 0.717) is 12.0 Å². The van der Waals surface area contributed by atoms with E-state index >= 15 is 0 Å². The highest BCUT2D eigenvalue weighted by Gasteiger charge is 2.28. The molecule has 1 N–H and O–H groups in total. The Balaban J connectivity index is 1.45. The third-order valence-electron chi connectivity index (χ3n) is 6.47. The van der Waals surface area contributed by atoms with Crippen LogP contribution < -0.4 is 0 Å². The number of carbonyl (C=O) groups is 1. The van der Waals surface area contributed by atoms with E-state index in [-0.39, 0.29) is 5.91 Å². The number of fused-ring (bicyclic) bond motifs is 1. The van der Waals surface area contributed by atoms with Crippen molar-refractivity contribution < 1.29 is 4.79 Å². The topological polar surface area (TPSA) is 39.3 Å². The van der Waals surface area contributed by atoms with E-state index in [4.69, 9.17) is 0 Å². The van der Waals surface area contributed by atoms with Gasteiger partial charge in [0.2, 0.25) is 0 Å². The molecule has 3 aromatic rings. The molecular formula is C23H29N3OS. The van der Waals surface area contributed by atoms with Crippen LogP contribution in [0.15, 0.2) is 35.7 Å². The van der Waals surface area contributed by atoms with E-state index in [1.54, 1.807) is 0 Å². The Morgan fingerprint density at radius 1 is 1.07 bits per heavy atom. The molecule has 28 heavy (non-hydrogen) atoms. The first-order valence-electron chi connectivity index (χ1n) is 10.1. The predicted molar refractivity (Wildman–Crippen MR) is 117 cm³/mol. The van der Waals surface area contributed by atoms with Gasteiger partial charge < -0.3 is 9.88 Å². The lowest BCUT2D eigenvalue weighted by atomic mass is 9.99. The van der Waals surface area contributed by atoms with Crippen LogP contribution in [0.2, 0.25) is 0 Å². The molecule has 1 aliphatic rings. The third-order valence-corrected chi connectivity index (χ3v) is 7.54. The fraction of sp³-hybridized carbons (Fsp3) is 0.435. The summed E-state index contributed by atoms with van der Waals surface area (Å²) in [4.78, 5) is 22.6. The van der Waals surface area contributed by atoms with E-state index in [1.807, 2.05) is 28.4 Å². The minimum atomic E-state index is 0.144. The summed E-state index contributed by atoms with van der Waals surface area (Å²) in [6.45, 7) is 12.2. The number of aryl methyl sites for hydroxylation is 2. The van der Waals surface area contributed by atoms with Gasteiger partial charge in [-0.1, -0.05) is 25.1 Å². The van der Waals surface area contributed by atoms with Gasteiger partial charge in [0, 0.05) is 54.1 Å². The number of piperazine rings is 1. The lowest BCUT2D eigenvalue weighted by Crippen LogP contribution is -2.52. The number of hydrogen-bond acceptors (Lipinski definition) is 3. The van der Waals surface area contributed by atoms with Gasteiger partial charge in [-0.2, -0.15) is 0 Å². The number of rotatable bonds is 4. The molecule has 148 valence electrons. The number of nitrogens with zero attached hydrogens (tertiary/aromatic N) is 2. The second-order valence-corrected chi connectivity index (χ2v) is 8.96. The summed E-state index contributed by atoms with van der Waals surface area (Å²) in [5, 5.41) is 3.31. The zero-order valence-electron chi connectivity index (χ0n) is 17.2. The molecule has 0 saturated carbocycles. The molecule has 4 rings (SSSR count). The van der Waals surface area contributed by atoms with Crippen molar-refractivity contribution in [2.45, 2.75) is 39.7 Å². The van der Waals surface area contributed by atoms with Gasteiger partial charge in [0.05, 0.1) is 11.1 Å². The van der Waals surface area contributed by atoms with Crippen LogP contribution in [0.1, 0.15) is 46.3 Å². The van der Waals surface area contributed by atoms with Gasteiger partial charge in [0.15, 0.2) is 0 Å². The van der Waals surface area contributed by atoms with Crippen molar-refractivity contribution in [3.63, 3.8) is 0 Å². The first kappa shape index (κ1) is 19.2. The molecule has 0 bridgehead atoms. The normalized spacial score (nSPS) is 17.8. The molecule has 3 heterocycles. The smallest absolute Gasteiger partial charge is 0.256 e. The van der Waals surface area contributed by atoms with Crippen LogP contribution in [0.5, 0.6) is 0 Å². The Hall–Kier alpha value is -2.11. The van der Waals surface area contributed by atoms with Crippen molar-refractivity contribution in [3.05, 3.63) is 57.4 Å². The highest BCUT2D eigenvalue weighted by molar-refractivity contribution is 7.10. The quantitative estimate of drug-likeness (QED) is 0.689. The number of carbonyl (C=O) groups excluding carboxylic acids is 1. The number of aromatic nitrogens is 1. The summed E-state index contributed by atoms with van der Waals surface area (Å²) in [6.07, 6.45) is 0. The first-order valence-corrected chi connectivity index (χ1v) is 11.0. The average Bonchev–Trinajstić information content (AvgIpc) is 3.35. The van der Waals surface area contributed by atoms with Gasteiger partial charge in [-0.3, -0.25) is 9.69 Å². The summed E-state index contributed by atoms with van der Waals surface area (Å²) in [7, 11) is 0. The second kappa shape index (κ2) is 7.72. The van der Waals surface area contributed by atoms with Crippen molar-refractivity contribution in [1.82, 2.24) is 14.8 Å². The lowest BCUT2D eigenvalue weighted by molar-refractivity contribution is 0.0566. The summed E-state index contributed by atoms with van der Waals surface area (Å²) in [5.74, 6) is 0.659. The molecule has 2 aromatic heterocycles. The van der Waals surface area contributed by atoms with E-state index in [2.05, 4.69) is 61.2 Å². The Morgan fingerprint density at radius 2 is 1.82 bits per heavy atom. The Bertz CT molecular complexity index is 967. The Kier molecular flexibility index (Phi) is 5.30. The fourth-order valence-corrected chi connectivity index (χ4v) is 5.15. The van der Waals surface area contributed by atoms with Crippen LogP contribution >= 0.6 is 11.3 Å². The molecule has 1 fully saturated rings. The van der Waals surface area contributed by atoms with E-state index in [0.717, 1.165) is 48.3 Å². The van der Waals surface area contributed by atoms with Gasteiger partial charge in [0.1, 0.15) is 0 Å². The molecule has 1 saturated heterocycles. The number of hydrogen-bond donors (Lipinski definition) is 1. The van der Waals surface area contributed by atoms with Gasteiger partial charge in [-0.25, -0.2) is 0 Å². The Labute approximate surface area is 171 Å². The minimum Gasteiger partial charge on any atom is -0.358 e. The summed E-state index contributed by atoms with van der Waals surface area (Å²) in [6, 6.07) is 10.9. The van der Waals surface area contributed by atoms with Crippen molar-refractivity contribution in [3.8, 4) is 0 Å². The third kappa shape index (κ3) is 3.38. The maximum atomic E-state index is 13.2. The Morgan fingerprint density at radius 3 is 2.50 bits per heavy atom. The highest BCUT2D eigenvalue weighted by Crippen LogP contribution is 2.28. The molecule has 0 radical (unpaired) electrons. The number of nitrogens with one attached hydrogen (secondary N) is 1. The molecule has 2 atom stereocenters. The number of benzene rings is 1. The van der Waals surface area contributed by atoms with Crippen LogP contribution in [0.3, 0.4) is 0 Å². The zero-order valence-corrected chi connectivity index (χ0v) is 18.0. The van der Waals surface area contributed by atoms with Crippen LogP contribution in [-0.4, -0.2) is 52.9 Å². The maximum absolute atomic E-state index is 13.2. The summed E-state index contributed by atoms with van der Waals surface area (Å²) in [5.41, 5.74) is 4.13. The van der Waals surface area contributed by atoms with Crippen molar-refractivity contribution >= 4 is 28.1 Å². The number of H-pyrrole nitrogens is 1. The largest absolute Gasteiger partial charge is 0.358 e. The number of para-hydroxylation sites is 1. The van der Waals surface area contributed by atoms with Crippen LogP contribution in [0.25, 0.3) is 10.9 Å². The minimum absolute atomic E-state index is 0.144. The molecular weight excluding hydrogens is 366 g/mol. The standard InChI is InChI=1S/C23H29N3OS/c1-15-17(3)24-22-19(15)7-5-8-20(22)23(27)26-12-10-25(11-13-26)18(4)16(2)21-9-6-14-28-21/h5-9,14,16,18,24H,10-13H2,1-4H3. The van der Waals surface area contributed by atoms with Gasteiger partial charge in [-0.15, -0.1) is 11.3 Å². The predicted octanol–water partition coefficient (Wildman–Crippen LogP) is 4.80. The number of thiophene rings is 1. The SMILES string of the molecule is Cc1[nH]c2c(C(=O)N3CCN(C(C)C(C)c4cccs4)CC3)cccc2c1C. The van der Waals surface area contributed by atoms with Crippen molar-refractivity contribution in [2.75, 3.05) is 26.2 Å². The fourth-order valence-electron chi connectivity index (χ4n) is 4.27. The number of amides is 1. The molecule has 1 aromatic carbocycles. The van der Waals surface area contributed by atoms with Crippen LogP contribution in [0, 0.1) is 13.8 Å². The molecule has 1 aliphatic heterocycles. The molecule has 4 nitrogen and oxygen atoms in total. The van der Waals surface area contributed by atoms with Gasteiger partial charge in [-0.05, 0) is 43.8 Å². The van der Waals surface area contributed by atoms with Gasteiger partial charge in [0.25, 0.3) is 5.91 Å². The average molecular weight is 396 g/mol. The zero-order chi connectivity index (χ0) is 19.8. The second-order valence-electron chi connectivity index (χ2n) is 7.98. The van der Waals surface area contributed by atoms with E-state index < -0.39 is 0 Å². The highest BCUT2D eigenvalue weighted by atomic mass is 32.1. The monoisotopic (exact) mass is 395 g/mol. The first-order chi connectivity index (χ1) is 13.5. The van der Waals surface area contributed by atoms with Crippen molar-refractivity contribution in [1.29, 1.82) is 0 Å². The molecule has 0 spiro atoms. The molecule has 0 aliphatic carbocycles. The molecule has 2 unspecified atom stereocenters. The maximum Gasteiger partial charge on any atom is 0.256 e. The van der Waals surface area contributed by atoms with E-state index in [9.17, 15) is 4.79 Å². The summed E-state index contributed by atoms with van der Waals surface area (Å²) < 4.78 is 0. The van der Waals surface area contributed by atoms with E-state index in [1.165, 1.54) is 10.4 Å². The molecule has 5 heteroatoms. The number of aromatic amines is 1. The van der Waals surface area contributed by atoms with Crippen LogP contribution in [0.4, 0.5) is 0 Å².